The summed E-state index contributed by atoms with van der Waals surface area (Å²) in [7, 11) is 3.29. The molecule has 1 aromatic carbocycles. The lowest BCUT2D eigenvalue weighted by atomic mass is 9.85. The minimum absolute atomic E-state index is 0.167. The molecule has 0 saturated carbocycles. The number of Topliss-reactive ketones (excluding diaryl/α,β-unsaturated/α-hetero) is 1. The van der Waals surface area contributed by atoms with Crippen molar-refractivity contribution in [2.75, 3.05) is 34.0 Å². The van der Waals surface area contributed by atoms with Gasteiger partial charge in [-0.05, 0) is 17.7 Å². The van der Waals surface area contributed by atoms with Crippen LogP contribution in [0.2, 0.25) is 0 Å². The molecule has 0 amide bonds. The van der Waals surface area contributed by atoms with E-state index in [1.165, 1.54) is 0 Å². The summed E-state index contributed by atoms with van der Waals surface area (Å²) < 4.78 is 15.7. The first-order valence-corrected chi connectivity index (χ1v) is 7.22. The molecule has 0 aliphatic rings. The Kier molecular flexibility index (Phi) is 7.40. The number of carbonyl (C=O) groups excluding carboxylic acids is 1. The van der Waals surface area contributed by atoms with Crippen LogP contribution in [0.3, 0.4) is 0 Å². The van der Waals surface area contributed by atoms with Crippen LogP contribution in [-0.4, -0.2) is 39.8 Å². The number of hydrogen-bond donors (Lipinski definition) is 0. The average molecular weight is 294 g/mol. The second-order valence-electron chi connectivity index (χ2n) is 5.76. The molecule has 4 nitrogen and oxygen atoms in total. The van der Waals surface area contributed by atoms with E-state index in [1.54, 1.807) is 14.2 Å². The highest BCUT2D eigenvalue weighted by atomic mass is 16.5. The lowest BCUT2D eigenvalue weighted by molar-refractivity contribution is -0.128. The van der Waals surface area contributed by atoms with E-state index in [9.17, 15) is 4.79 Å². The van der Waals surface area contributed by atoms with E-state index < -0.39 is 5.41 Å². The molecule has 0 heterocycles. The molecule has 4 heteroatoms. The summed E-state index contributed by atoms with van der Waals surface area (Å²) in [5.41, 5.74) is 0.498. The van der Waals surface area contributed by atoms with Gasteiger partial charge in [0, 0.05) is 39.1 Å². The molecule has 1 rings (SSSR count). The van der Waals surface area contributed by atoms with Crippen molar-refractivity contribution in [1.29, 1.82) is 0 Å². The van der Waals surface area contributed by atoms with E-state index in [-0.39, 0.29) is 5.78 Å². The van der Waals surface area contributed by atoms with Crippen LogP contribution in [0.15, 0.2) is 24.3 Å². The maximum Gasteiger partial charge on any atom is 0.145 e. The zero-order chi connectivity index (χ0) is 15.7. The third-order valence-corrected chi connectivity index (χ3v) is 3.28. The SMILES string of the molecule is COCCCOc1cccc(CC(=O)C(C)(C)COC)c1. The summed E-state index contributed by atoms with van der Waals surface area (Å²) in [5.74, 6) is 0.960. The average Bonchev–Trinajstić information content (AvgIpc) is 2.44. The number of rotatable bonds is 10. The summed E-state index contributed by atoms with van der Waals surface area (Å²) in [6.45, 7) is 5.54. The second-order valence-corrected chi connectivity index (χ2v) is 5.76. The zero-order valence-corrected chi connectivity index (χ0v) is 13.5. The van der Waals surface area contributed by atoms with E-state index in [0.29, 0.717) is 26.2 Å². The number of carbonyl (C=O) groups is 1. The standard InChI is InChI=1S/C17H26O4/c1-17(2,13-20-4)16(18)12-14-7-5-8-15(11-14)21-10-6-9-19-3/h5,7-8,11H,6,9-10,12-13H2,1-4H3. The van der Waals surface area contributed by atoms with Crippen LogP contribution in [0.1, 0.15) is 25.8 Å². The Morgan fingerprint density at radius 2 is 1.90 bits per heavy atom. The number of hydrogen-bond acceptors (Lipinski definition) is 4. The lowest BCUT2D eigenvalue weighted by Gasteiger charge is -2.22. The molecule has 0 bridgehead atoms. The van der Waals surface area contributed by atoms with Gasteiger partial charge in [0.15, 0.2) is 0 Å². The Balaban J connectivity index is 2.58. The summed E-state index contributed by atoms with van der Waals surface area (Å²) in [6.07, 6.45) is 1.24. The molecule has 0 spiro atoms. The maximum atomic E-state index is 12.3. The molecule has 0 saturated heterocycles. The molecule has 0 fully saturated rings. The normalized spacial score (nSPS) is 11.4. The molecule has 0 radical (unpaired) electrons. The number of benzene rings is 1. The van der Waals surface area contributed by atoms with Crippen LogP contribution in [0.4, 0.5) is 0 Å². The summed E-state index contributed by atoms with van der Waals surface area (Å²) in [5, 5.41) is 0. The van der Waals surface area contributed by atoms with Gasteiger partial charge < -0.3 is 14.2 Å². The number of ketones is 1. The zero-order valence-electron chi connectivity index (χ0n) is 13.5. The van der Waals surface area contributed by atoms with Gasteiger partial charge in [0.1, 0.15) is 11.5 Å². The molecule has 0 N–H and O–H groups in total. The minimum Gasteiger partial charge on any atom is -0.493 e. The van der Waals surface area contributed by atoms with Crippen LogP contribution in [-0.2, 0) is 20.7 Å². The predicted octanol–water partition coefficient (Wildman–Crippen LogP) is 2.89. The van der Waals surface area contributed by atoms with Crippen molar-refractivity contribution in [3.63, 3.8) is 0 Å². The fourth-order valence-corrected chi connectivity index (χ4v) is 2.00. The van der Waals surface area contributed by atoms with Gasteiger partial charge in [-0.3, -0.25) is 4.79 Å². The van der Waals surface area contributed by atoms with Gasteiger partial charge in [-0.2, -0.15) is 0 Å². The Morgan fingerprint density at radius 1 is 1.14 bits per heavy atom. The van der Waals surface area contributed by atoms with Crippen LogP contribution in [0.5, 0.6) is 5.75 Å². The molecule has 1 aromatic rings. The molecular weight excluding hydrogens is 268 g/mol. The highest BCUT2D eigenvalue weighted by molar-refractivity contribution is 5.86. The van der Waals surface area contributed by atoms with Gasteiger partial charge in [-0.15, -0.1) is 0 Å². The number of ether oxygens (including phenoxy) is 3. The van der Waals surface area contributed by atoms with E-state index in [2.05, 4.69) is 0 Å². The molecule has 0 aliphatic carbocycles. The lowest BCUT2D eigenvalue weighted by Crippen LogP contribution is -2.30. The van der Waals surface area contributed by atoms with Gasteiger partial charge in [-0.1, -0.05) is 26.0 Å². The monoisotopic (exact) mass is 294 g/mol. The van der Waals surface area contributed by atoms with Crippen LogP contribution in [0, 0.1) is 5.41 Å². The first-order chi connectivity index (χ1) is 9.99. The highest BCUT2D eigenvalue weighted by Crippen LogP contribution is 2.21. The summed E-state index contributed by atoms with van der Waals surface area (Å²) in [6, 6.07) is 7.69. The summed E-state index contributed by atoms with van der Waals surface area (Å²) in [4.78, 5) is 12.3. The van der Waals surface area contributed by atoms with E-state index in [4.69, 9.17) is 14.2 Å². The largest absolute Gasteiger partial charge is 0.493 e. The molecule has 0 unspecified atom stereocenters. The third-order valence-electron chi connectivity index (χ3n) is 3.28. The highest BCUT2D eigenvalue weighted by Gasteiger charge is 2.27. The molecule has 0 atom stereocenters. The van der Waals surface area contributed by atoms with Gasteiger partial charge in [0.05, 0.1) is 13.2 Å². The first-order valence-electron chi connectivity index (χ1n) is 7.22. The molecule has 0 aliphatic heterocycles. The molecular formula is C17H26O4. The van der Waals surface area contributed by atoms with Gasteiger partial charge in [0.2, 0.25) is 0 Å². The predicted molar refractivity (Wildman–Crippen MR) is 82.8 cm³/mol. The molecule has 118 valence electrons. The topological polar surface area (TPSA) is 44.8 Å². The third kappa shape index (κ3) is 6.27. The van der Waals surface area contributed by atoms with Crippen molar-refractivity contribution in [3.8, 4) is 5.75 Å². The van der Waals surface area contributed by atoms with Crippen molar-refractivity contribution >= 4 is 5.78 Å². The van der Waals surface area contributed by atoms with Gasteiger partial charge >= 0.3 is 0 Å². The quantitative estimate of drug-likeness (QED) is 0.622. The van der Waals surface area contributed by atoms with Gasteiger partial charge in [-0.25, -0.2) is 0 Å². The van der Waals surface area contributed by atoms with Crippen LogP contribution in [0.25, 0.3) is 0 Å². The Labute approximate surface area is 127 Å². The molecule has 0 aromatic heterocycles. The van der Waals surface area contributed by atoms with Crippen molar-refractivity contribution in [3.05, 3.63) is 29.8 Å². The Bertz CT molecular complexity index is 440. The van der Waals surface area contributed by atoms with Gasteiger partial charge in [0.25, 0.3) is 0 Å². The van der Waals surface area contributed by atoms with E-state index in [1.807, 2.05) is 38.1 Å². The number of methoxy groups -OCH3 is 2. The Morgan fingerprint density at radius 3 is 2.57 bits per heavy atom. The fraction of sp³-hybridized carbons (Fsp3) is 0.588. The minimum atomic E-state index is -0.468. The smallest absolute Gasteiger partial charge is 0.145 e. The van der Waals surface area contributed by atoms with E-state index in [0.717, 1.165) is 17.7 Å². The van der Waals surface area contributed by atoms with Crippen molar-refractivity contribution < 1.29 is 19.0 Å². The van der Waals surface area contributed by atoms with E-state index >= 15 is 0 Å². The van der Waals surface area contributed by atoms with Crippen LogP contribution < -0.4 is 4.74 Å². The van der Waals surface area contributed by atoms with Crippen LogP contribution >= 0.6 is 0 Å². The second kappa shape index (κ2) is 8.80. The van der Waals surface area contributed by atoms with Crippen molar-refractivity contribution in [2.24, 2.45) is 5.41 Å². The first kappa shape index (κ1) is 17.7. The van der Waals surface area contributed by atoms with Crippen molar-refractivity contribution in [2.45, 2.75) is 26.7 Å². The summed E-state index contributed by atoms with van der Waals surface area (Å²) >= 11 is 0. The maximum absolute atomic E-state index is 12.3. The molecule has 21 heavy (non-hydrogen) atoms. The fourth-order valence-electron chi connectivity index (χ4n) is 2.00. The Hall–Kier alpha value is -1.39. The van der Waals surface area contributed by atoms with Crippen molar-refractivity contribution in [1.82, 2.24) is 0 Å².